The molecule has 1 rings (SSSR count). The summed E-state index contributed by atoms with van der Waals surface area (Å²) in [5.74, 6) is -0.630. The van der Waals surface area contributed by atoms with Crippen LogP contribution in [0.25, 0.3) is 0 Å². The molecule has 98 valence electrons. The molecule has 0 saturated heterocycles. The van der Waals surface area contributed by atoms with Crippen molar-refractivity contribution in [1.82, 2.24) is 5.32 Å². The molecule has 0 saturated carbocycles. The normalized spacial score (nSPS) is 11.0. The van der Waals surface area contributed by atoms with Crippen LogP contribution in [-0.2, 0) is 26.2 Å². The van der Waals surface area contributed by atoms with Gasteiger partial charge in [-0.15, -0.1) is 0 Å². The molecule has 0 fully saturated rings. The third-order valence-corrected chi connectivity index (χ3v) is 3.04. The van der Waals surface area contributed by atoms with E-state index in [2.05, 4.69) is 5.32 Å². The molecule has 0 aliphatic rings. The first kappa shape index (κ1) is 14.3. The monoisotopic (exact) mass is 270 g/mol. The second kappa shape index (κ2) is 5.74. The van der Waals surface area contributed by atoms with Crippen molar-refractivity contribution in [3.8, 4) is 0 Å². The van der Waals surface area contributed by atoms with Gasteiger partial charge >= 0.3 is 0 Å². The fourth-order valence-corrected chi connectivity index (χ4v) is 1.91. The summed E-state index contributed by atoms with van der Waals surface area (Å²) in [7, 11) is -3.75. The highest BCUT2D eigenvalue weighted by Gasteiger charge is 2.09. The van der Waals surface area contributed by atoms with Crippen LogP contribution >= 0.6 is 0 Å². The number of nitrogens with two attached hydrogens (primary N) is 1. The van der Waals surface area contributed by atoms with Gasteiger partial charge in [0, 0.05) is 6.54 Å². The first-order valence-electron chi connectivity index (χ1n) is 5.17. The van der Waals surface area contributed by atoms with Crippen molar-refractivity contribution in [2.75, 3.05) is 0 Å². The van der Waals surface area contributed by atoms with Crippen LogP contribution in [0.1, 0.15) is 18.9 Å². The minimum absolute atomic E-state index is 0.0131. The van der Waals surface area contributed by atoms with Gasteiger partial charge in [0.1, 0.15) is 5.78 Å². The van der Waals surface area contributed by atoms with Crippen LogP contribution in [0.2, 0.25) is 0 Å². The number of sulfonamides is 1. The van der Waals surface area contributed by atoms with Crippen molar-refractivity contribution in [3.63, 3.8) is 0 Å². The maximum absolute atomic E-state index is 11.2. The second-order valence-electron chi connectivity index (χ2n) is 3.85. The first-order valence-corrected chi connectivity index (χ1v) is 6.71. The Labute approximate surface area is 105 Å². The number of amides is 1. The highest BCUT2D eigenvalue weighted by atomic mass is 32.2. The highest BCUT2D eigenvalue weighted by molar-refractivity contribution is 7.89. The standard InChI is InChI=1S/C11H14N2O4S/c1-8(14)5-11(15)13-7-9-3-2-4-10(6-9)18(12,16)17/h2-4,6H,5,7H2,1H3,(H,13,15)(H2,12,16,17). The van der Waals surface area contributed by atoms with Gasteiger partial charge in [-0.1, -0.05) is 12.1 Å². The lowest BCUT2D eigenvalue weighted by Gasteiger charge is -2.05. The molecule has 0 bridgehead atoms. The molecule has 0 aliphatic heterocycles. The molecule has 1 aromatic carbocycles. The van der Waals surface area contributed by atoms with Crippen LogP contribution in [0.15, 0.2) is 29.2 Å². The quantitative estimate of drug-likeness (QED) is 0.730. The molecule has 6 nitrogen and oxygen atoms in total. The molecule has 7 heteroatoms. The lowest BCUT2D eigenvalue weighted by atomic mass is 10.2. The Morgan fingerprint density at radius 2 is 2.00 bits per heavy atom. The summed E-state index contributed by atoms with van der Waals surface area (Å²) >= 11 is 0. The van der Waals surface area contributed by atoms with E-state index >= 15 is 0 Å². The molecule has 1 aromatic rings. The van der Waals surface area contributed by atoms with Crippen LogP contribution in [0.3, 0.4) is 0 Å². The number of primary sulfonamides is 1. The van der Waals surface area contributed by atoms with Crippen molar-refractivity contribution >= 4 is 21.7 Å². The van der Waals surface area contributed by atoms with Gasteiger partial charge in [-0.05, 0) is 24.6 Å². The third-order valence-electron chi connectivity index (χ3n) is 2.13. The Morgan fingerprint density at radius 3 is 2.56 bits per heavy atom. The average molecular weight is 270 g/mol. The predicted molar refractivity (Wildman–Crippen MR) is 65.0 cm³/mol. The van der Waals surface area contributed by atoms with Gasteiger partial charge < -0.3 is 5.32 Å². The number of carbonyl (C=O) groups is 2. The minimum Gasteiger partial charge on any atom is -0.352 e. The zero-order chi connectivity index (χ0) is 13.8. The first-order chi connectivity index (χ1) is 8.29. The Hall–Kier alpha value is -1.73. The molecule has 18 heavy (non-hydrogen) atoms. The molecule has 3 N–H and O–H groups in total. The van der Waals surface area contributed by atoms with Gasteiger partial charge in [0.15, 0.2) is 0 Å². The third kappa shape index (κ3) is 4.64. The molecule has 0 spiro atoms. The maximum Gasteiger partial charge on any atom is 0.238 e. The Bertz CT molecular complexity index is 566. The number of hydrogen-bond acceptors (Lipinski definition) is 4. The van der Waals surface area contributed by atoms with Crippen molar-refractivity contribution in [3.05, 3.63) is 29.8 Å². The number of ketones is 1. The molecule has 0 aliphatic carbocycles. The Balaban J connectivity index is 2.69. The molecular formula is C11H14N2O4S. The lowest BCUT2D eigenvalue weighted by Crippen LogP contribution is -2.24. The summed E-state index contributed by atoms with van der Waals surface area (Å²) in [6.45, 7) is 1.47. The van der Waals surface area contributed by atoms with Crippen molar-refractivity contribution < 1.29 is 18.0 Å². The molecule has 0 unspecified atom stereocenters. The van der Waals surface area contributed by atoms with E-state index in [-0.39, 0.29) is 23.6 Å². The smallest absolute Gasteiger partial charge is 0.238 e. The topological polar surface area (TPSA) is 106 Å². The average Bonchev–Trinajstić information content (AvgIpc) is 2.25. The summed E-state index contributed by atoms with van der Waals surface area (Å²) in [5.41, 5.74) is 0.596. The molecule has 1 amide bonds. The van der Waals surface area contributed by atoms with Crippen molar-refractivity contribution in [2.24, 2.45) is 5.14 Å². The van der Waals surface area contributed by atoms with Gasteiger partial charge in [-0.2, -0.15) is 0 Å². The Kier molecular flexibility index (Phi) is 4.57. The van der Waals surface area contributed by atoms with Crippen LogP contribution in [0.4, 0.5) is 0 Å². The van der Waals surface area contributed by atoms with E-state index in [1.165, 1.54) is 25.1 Å². The molecule has 0 atom stereocenters. The van der Waals surface area contributed by atoms with E-state index in [0.717, 1.165) is 0 Å². The molecular weight excluding hydrogens is 256 g/mol. The van der Waals surface area contributed by atoms with E-state index in [9.17, 15) is 18.0 Å². The van der Waals surface area contributed by atoms with E-state index in [1.807, 2.05) is 0 Å². The Morgan fingerprint density at radius 1 is 1.33 bits per heavy atom. The van der Waals surface area contributed by atoms with Crippen LogP contribution in [-0.4, -0.2) is 20.1 Å². The summed E-state index contributed by atoms with van der Waals surface area (Å²) in [4.78, 5) is 21.9. The number of rotatable bonds is 5. The van der Waals surface area contributed by atoms with Crippen LogP contribution in [0.5, 0.6) is 0 Å². The van der Waals surface area contributed by atoms with Crippen molar-refractivity contribution in [1.29, 1.82) is 0 Å². The summed E-state index contributed by atoms with van der Waals surface area (Å²) < 4.78 is 22.2. The SMILES string of the molecule is CC(=O)CC(=O)NCc1cccc(S(N)(=O)=O)c1. The molecule has 0 radical (unpaired) electrons. The number of nitrogens with one attached hydrogen (secondary N) is 1. The zero-order valence-corrected chi connectivity index (χ0v) is 10.7. The fourth-order valence-electron chi connectivity index (χ4n) is 1.32. The van der Waals surface area contributed by atoms with Crippen molar-refractivity contribution in [2.45, 2.75) is 24.8 Å². The highest BCUT2D eigenvalue weighted by Crippen LogP contribution is 2.09. The fraction of sp³-hybridized carbons (Fsp3) is 0.273. The number of carbonyl (C=O) groups excluding carboxylic acids is 2. The predicted octanol–water partition coefficient (Wildman–Crippen LogP) is -0.0707. The maximum atomic E-state index is 11.2. The number of hydrogen-bond donors (Lipinski definition) is 2. The van der Waals surface area contributed by atoms with Gasteiger partial charge in [0.25, 0.3) is 0 Å². The lowest BCUT2D eigenvalue weighted by molar-refractivity contribution is -0.127. The molecule has 0 aromatic heterocycles. The van der Waals surface area contributed by atoms with Gasteiger partial charge in [-0.3, -0.25) is 9.59 Å². The summed E-state index contributed by atoms with van der Waals surface area (Å²) in [6.07, 6.45) is -0.186. The van der Waals surface area contributed by atoms with E-state index in [1.54, 1.807) is 6.07 Å². The second-order valence-corrected chi connectivity index (χ2v) is 5.41. The zero-order valence-electron chi connectivity index (χ0n) is 9.84. The minimum atomic E-state index is -3.75. The van der Waals surface area contributed by atoms with Crippen LogP contribution in [0, 0.1) is 0 Å². The molecule has 0 heterocycles. The van der Waals surface area contributed by atoms with Gasteiger partial charge in [0.2, 0.25) is 15.9 Å². The van der Waals surface area contributed by atoms with Crippen LogP contribution < -0.4 is 10.5 Å². The summed E-state index contributed by atoms with van der Waals surface area (Å²) in [6, 6.07) is 5.94. The van der Waals surface area contributed by atoms with E-state index in [4.69, 9.17) is 5.14 Å². The largest absolute Gasteiger partial charge is 0.352 e. The van der Waals surface area contributed by atoms with E-state index < -0.39 is 15.9 Å². The van der Waals surface area contributed by atoms with E-state index in [0.29, 0.717) is 5.56 Å². The number of Topliss-reactive ketones (excluding diaryl/α,β-unsaturated/α-hetero) is 1. The van der Waals surface area contributed by atoms with Gasteiger partial charge in [-0.25, -0.2) is 13.6 Å². The van der Waals surface area contributed by atoms with Gasteiger partial charge in [0.05, 0.1) is 11.3 Å². The number of benzene rings is 1. The summed E-state index contributed by atoms with van der Waals surface area (Å²) in [5, 5.41) is 7.50.